The molecule has 16 heavy (non-hydrogen) atoms. The molecule has 0 saturated carbocycles. The summed E-state index contributed by atoms with van der Waals surface area (Å²) in [6, 6.07) is 0. The number of rotatable bonds is 4. The molecule has 0 aliphatic carbocycles. The molecule has 3 heteroatoms. The highest BCUT2D eigenvalue weighted by Gasteiger charge is 2.38. The summed E-state index contributed by atoms with van der Waals surface area (Å²) >= 11 is 0. The molecule has 1 aliphatic heterocycles. The van der Waals surface area contributed by atoms with Crippen LogP contribution in [-0.2, 0) is 4.79 Å². The van der Waals surface area contributed by atoms with Crippen molar-refractivity contribution in [2.75, 3.05) is 13.6 Å². The van der Waals surface area contributed by atoms with Gasteiger partial charge >= 0.3 is 5.97 Å². The highest BCUT2D eigenvalue weighted by molar-refractivity contribution is 5.66. The number of carbonyl (C=O) groups is 1. The Morgan fingerprint density at radius 2 is 2.12 bits per heavy atom. The number of hydrogen-bond acceptors (Lipinski definition) is 2. The molecule has 1 saturated heterocycles. The average Bonchev–Trinajstić information content (AvgIpc) is 2.19. The molecule has 0 radical (unpaired) electrons. The summed E-state index contributed by atoms with van der Waals surface area (Å²) in [6.45, 7) is 8.03. The van der Waals surface area contributed by atoms with Crippen LogP contribution in [0.2, 0.25) is 0 Å². The predicted molar refractivity (Wildman–Crippen MR) is 65.5 cm³/mol. The molecule has 0 amide bonds. The zero-order valence-corrected chi connectivity index (χ0v) is 11.0. The van der Waals surface area contributed by atoms with Gasteiger partial charge in [0.2, 0.25) is 0 Å². The van der Waals surface area contributed by atoms with Crippen molar-refractivity contribution in [1.29, 1.82) is 0 Å². The lowest BCUT2D eigenvalue weighted by Gasteiger charge is -2.49. The maximum Gasteiger partial charge on any atom is 0.303 e. The molecule has 2 unspecified atom stereocenters. The van der Waals surface area contributed by atoms with Gasteiger partial charge in [0.15, 0.2) is 0 Å². The number of carboxylic acid groups (broad SMARTS) is 1. The summed E-state index contributed by atoms with van der Waals surface area (Å²) in [5.41, 5.74) is 0.242. The minimum atomic E-state index is -0.667. The van der Waals surface area contributed by atoms with E-state index in [2.05, 4.69) is 32.7 Å². The Kier molecular flexibility index (Phi) is 4.36. The Bertz CT molecular complexity index is 250. The van der Waals surface area contributed by atoms with Gasteiger partial charge in [0.25, 0.3) is 0 Å². The van der Waals surface area contributed by atoms with Crippen LogP contribution >= 0.6 is 0 Å². The summed E-state index contributed by atoms with van der Waals surface area (Å²) < 4.78 is 0. The SMILES string of the molecule is CC1C(CCCC(=O)O)CCN(C)C1(C)C. The van der Waals surface area contributed by atoms with Crippen LogP contribution in [0.15, 0.2) is 0 Å². The van der Waals surface area contributed by atoms with E-state index in [0.29, 0.717) is 18.3 Å². The number of aliphatic carboxylic acids is 1. The number of carboxylic acids is 1. The van der Waals surface area contributed by atoms with Gasteiger partial charge in [-0.25, -0.2) is 0 Å². The molecular formula is C13H25NO2. The van der Waals surface area contributed by atoms with E-state index < -0.39 is 5.97 Å². The standard InChI is InChI=1S/C13H25NO2/c1-10-11(6-5-7-12(15)16)8-9-14(4)13(10,2)3/h10-11H,5-9H2,1-4H3,(H,15,16). The largest absolute Gasteiger partial charge is 0.481 e. The molecule has 2 atom stereocenters. The first-order valence-corrected chi connectivity index (χ1v) is 6.28. The van der Waals surface area contributed by atoms with Gasteiger partial charge in [-0.15, -0.1) is 0 Å². The summed E-state index contributed by atoms with van der Waals surface area (Å²) in [5.74, 6) is 0.658. The zero-order valence-electron chi connectivity index (χ0n) is 11.0. The van der Waals surface area contributed by atoms with E-state index in [9.17, 15) is 4.79 Å². The van der Waals surface area contributed by atoms with Crippen LogP contribution in [0.4, 0.5) is 0 Å². The smallest absolute Gasteiger partial charge is 0.303 e. The maximum atomic E-state index is 10.5. The summed E-state index contributed by atoms with van der Waals surface area (Å²) in [7, 11) is 2.18. The van der Waals surface area contributed by atoms with Crippen LogP contribution in [0.1, 0.15) is 46.5 Å². The second-order valence-corrected chi connectivity index (χ2v) is 5.70. The van der Waals surface area contributed by atoms with E-state index >= 15 is 0 Å². The lowest BCUT2D eigenvalue weighted by atomic mass is 9.72. The van der Waals surface area contributed by atoms with Crippen LogP contribution in [-0.4, -0.2) is 35.1 Å². The van der Waals surface area contributed by atoms with E-state index in [0.717, 1.165) is 19.4 Å². The quantitative estimate of drug-likeness (QED) is 0.802. The third-order valence-electron chi connectivity index (χ3n) is 4.61. The fourth-order valence-electron chi connectivity index (χ4n) is 2.73. The minimum Gasteiger partial charge on any atom is -0.481 e. The van der Waals surface area contributed by atoms with E-state index in [1.165, 1.54) is 6.42 Å². The summed E-state index contributed by atoms with van der Waals surface area (Å²) in [5, 5.41) is 8.65. The van der Waals surface area contributed by atoms with Crippen molar-refractivity contribution in [3.8, 4) is 0 Å². The second kappa shape index (κ2) is 5.17. The molecule has 0 aromatic carbocycles. The van der Waals surface area contributed by atoms with Crippen molar-refractivity contribution in [1.82, 2.24) is 4.90 Å². The molecule has 0 aromatic rings. The molecule has 1 rings (SSSR count). The predicted octanol–water partition coefficient (Wildman–Crippen LogP) is 2.61. The van der Waals surface area contributed by atoms with Crippen LogP contribution in [0, 0.1) is 11.8 Å². The van der Waals surface area contributed by atoms with Crippen molar-refractivity contribution in [3.05, 3.63) is 0 Å². The monoisotopic (exact) mass is 227 g/mol. The van der Waals surface area contributed by atoms with E-state index in [1.807, 2.05) is 0 Å². The molecule has 94 valence electrons. The fourth-order valence-corrected chi connectivity index (χ4v) is 2.73. The number of likely N-dealkylation sites (tertiary alicyclic amines) is 1. The Balaban J connectivity index is 2.46. The first-order chi connectivity index (χ1) is 7.35. The first-order valence-electron chi connectivity index (χ1n) is 6.28. The summed E-state index contributed by atoms with van der Waals surface area (Å²) in [4.78, 5) is 12.9. The highest BCUT2D eigenvalue weighted by atomic mass is 16.4. The van der Waals surface area contributed by atoms with Gasteiger partial charge in [0, 0.05) is 12.0 Å². The Morgan fingerprint density at radius 3 is 2.69 bits per heavy atom. The zero-order chi connectivity index (χ0) is 12.3. The molecule has 1 heterocycles. The van der Waals surface area contributed by atoms with Gasteiger partial charge in [-0.1, -0.05) is 6.92 Å². The van der Waals surface area contributed by atoms with Gasteiger partial charge in [-0.3, -0.25) is 4.79 Å². The third kappa shape index (κ3) is 2.97. The van der Waals surface area contributed by atoms with Crippen LogP contribution in [0.25, 0.3) is 0 Å². The Labute approximate surface area is 98.8 Å². The molecule has 3 nitrogen and oxygen atoms in total. The summed E-state index contributed by atoms with van der Waals surface area (Å²) in [6.07, 6.45) is 3.41. The number of hydrogen-bond donors (Lipinski definition) is 1. The van der Waals surface area contributed by atoms with Crippen LogP contribution in [0.5, 0.6) is 0 Å². The molecule has 0 bridgehead atoms. The van der Waals surface area contributed by atoms with E-state index in [4.69, 9.17) is 5.11 Å². The molecule has 0 spiro atoms. The van der Waals surface area contributed by atoms with Crippen molar-refractivity contribution in [2.24, 2.45) is 11.8 Å². The number of nitrogens with zero attached hydrogens (tertiary/aromatic N) is 1. The van der Waals surface area contributed by atoms with E-state index in [-0.39, 0.29) is 5.54 Å². The Morgan fingerprint density at radius 1 is 1.50 bits per heavy atom. The fraction of sp³-hybridized carbons (Fsp3) is 0.923. The minimum absolute atomic E-state index is 0.242. The van der Waals surface area contributed by atoms with Crippen molar-refractivity contribution in [2.45, 2.75) is 52.0 Å². The van der Waals surface area contributed by atoms with Gasteiger partial charge in [0.05, 0.1) is 0 Å². The molecule has 1 N–H and O–H groups in total. The lowest BCUT2D eigenvalue weighted by Crippen LogP contribution is -2.53. The molecular weight excluding hydrogens is 202 g/mol. The molecule has 1 fully saturated rings. The molecule has 1 aliphatic rings. The van der Waals surface area contributed by atoms with Crippen LogP contribution in [0.3, 0.4) is 0 Å². The van der Waals surface area contributed by atoms with Crippen LogP contribution < -0.4 is 0 Å². The van der Waals surface area contributed by atoms with Crippen molar-refractivity contribution in [3.63, 3.8) is 0 Å². The van der Waals surface area contributed by atoms with E-state index in [1.54, 1.807) is 0 Å². The van der Waals surface area contributed by atoms with Crippen molar-refractivity contribution < 1.29 is 9.90 Å². The second-order valence-electron chi connectivity index (χ2n) is 5.70. The lowest BCUT2D eigenvalue weighted by molar-refractivity contribution is -0.137. The normalized spacial score (nSPS) is 30.2. The maximum absolute atomic E-state index is 10.5. The topological polar surface area (TPSA) is 40.5 Å². The Hall–Kier alpha value is -0.570. The third-order valence-corrected chi connectivity index (χ3v) is 4.61. The van der Waals surface area contributed by atoms with Crippen molar-refractivity contribution >= 4 is 5.97 Å². The number of piperidine rings is 1. The average molecular weight is 227 g/mol. The van der Waals surface area contributed by atoms with Gasteiger partial charge in [0.1, 0.15) is 0 Å². The van der Waals surface area contributed by atoms with Gasteiger partial charge in [-0.2, -0.15) is 0 Å². The van der Waals surface area contributed by atoms with Gasteiger partial charge in [-0.05, 0) is 58.5 Å². The van der Waals surface area contributed by atoms with Gasteiger partial charge < -0.3 is 10.0 Å². The highest BCUT2D eigenvalue weighted by Crippen LogP contribution is 2.38. The first kappa shape index (κ1) is 13.5. The molecule has 0 aromatic heterocycles.